The summed E-state index contributed by atoms with van der Waals surface area (Å²) in [6.45, 7) is 5.08. The maximum atomic E-state index is 13.8. The van der Waals surface area contributed by atoms with Crippen molar-refractivity contribution >= 4 is 44.8 Å². The van der Waals surface area contributed by atoms with Crippen molar-refractivity contribution in [2.45, 2.75) is 63.8 Å². The molecule has 1 aliphatic carbocycles. The summed E-state index contributed by atoms with van der Waals surface area (Å²) in [5, 5.41) is 13.2. The predicted molar refractivity (Wildman–Crippen MR) is 151 cm³/mol. The number of carbonyl (C=O) groups is 2. The molecular weight excluding hydrogens is 536 g/mol. The summed E-state index contributed by atoms with van der Waals surface area (Å²) in [4.78, 5) is 32.9. The lowest BCUT2D eigenvalue weighted by atomic mass is 9.89. The molecule has 1 aromatic heterocycles. The van der Waals surface area contributed by atoms with E-state index in [0.29, 0.717) is 24.2 Å². The molecule has 200 valence electrons. The van der Waals surface area contributed by atoms with Gasteiger partial charge in [-0.15, -0.1) is 0 Å². The van der Waals surface area contributed by atoms with Crippen molar-refractivity contribution < 1.29 is 14.3 Å². The number of hydrogen-bond donors (Lipinski definition) is 4. The van der Waals surface area contributed by atoms with Crippen molar-refractivity contribution in [1.29, 1.82) is 0 Å². The lowest BCUT2D eigenvalue weighted by molar-refractivity contribution is -0.0585. The minimum absolute atomic E-state index is 0.0196. The predicted octanol–water partition coefficient (Wildman–Crippen LogP) is 4.33. The molecule has 0 unspecified atom stereocenters. The Hall–Kier alpha value is -2.85. The Labute approximate surface area is 227 Å². The van der Waals surface area contributed by atoms with Gasteiger partial charge in [0.05, 0.1) is 40.4 Å². The molecule has 1 saturated heterocycles. The van der Waals surface area contributed by atoms with Crippen molar-refractivity contribution in [3.8, 4) is 0 Å². The standard InChI is InChI=1S/C27H37BrN6O3/c1-16-14-34(15-17(2)37-16)27(36)21-10-19(28)11-24(30-4)25(21)32-22-7-5-6-8-23(22)33-26(35)18-9-20(29-3)13-31-12-18/h9-13,16-17,22-23,29-30,32H,5-8,14-15H2,1-4H3,(H,33,35)/t16-,17+,22-,23+/m1/s1. The highest BCUT2D eigenvalue weighted by Crippen LogP contribution is 2.34. The van der Waals surface area contributed by atoms with Crippen LogP contribution in [0.4, 0.5) is 17.1 Å². The van der Waals surface area contributed by atoms with Gasteiger partial charge >= 0.3 is 0 Å². The number of pyridine rings is 1. The molecule has 2 amide bonds. The summed E-state index contributed by atoms with van der Waals surface area (Å²) >= 11 is 3.58. The summed E-state index contributed by atoms with van der Waals surface area (Å²) < 4.78 is 6.67. The van der Waals surface area contributed by atoms with Gasteiger partial charge in [0, 0.05) is 56.1 Å². The zero-order valence-electron chi connectivity index (χ0n) is 21.9. The highest BCUT2D eigenvalue weighted by Gasteiger charge is 2.32. The van der Waals surface area contributed by atoms with Gasteiger partial charge in [0.2, 0.25) is 0 Å². The van der Waals surface area contributed by atoms with Crippen molar-refractivity contribution in [2.75, 3.05) is 43.1 Å². The van der Waals surface area contributed by atoms with E-state index in [2.05, 4.69) is 42.2 Å². The fourth-order valence-corrected chi connectivity index (χ4v) is 5.71. The maximum absolute atomic E-state index is 13.8. The molecule has 0 radical (unpaired) electrons. The molecule has 2 heterocycles. The first kappa shape index (κ1) is 27.2. The van der Waals surface area contributed by atoms with Crippen molar-refractivity contribution in [1.82, 2.24) is 15.2 Å². The molecule has 37 heavy (non-hydrogen) atoms. The number of nitrogens with zero attached hydrogens (tertiary/aromatic N) is 2. The highest BCUT2D eigenvalue weighted by atomic mass is 79.9. The summed E-state index contributed by atoms with van der Waals surface area (Å²) in [6.07, 6.45) is 7.05. The number of halogens is 1. The first-order valence-corrected chi connectivity index (χ1v) is 13.7. The van der Waals surface area contributed by atoms with Gasteiger partial charge in [0.25, 0.3) is 11.8 Å². The second-order valence-corrected chi connectivity index (χ2v) is 10.8. The van der Waals surface area contributed by atoms with Gasteiger partial charge in [0.15, 0.2) is 0 Å². The Morgan fingerprint density at radius 2 is 1.70 bits per heavy atom. The fraction of sp³-hybridized carbons (Fsp3) is 0.519. The van der Waals surface area contributed by atoms with Crippen molar-refractivity contribution in [3.05, 3.63) is 46.2 Å². The number of aromatic nitrogens is 1. The topological polar surface area (TPSA) is 108 Å². The number of ether oxygens (including phenoxy) is 1. The molecular formula is C27H37BrN6O3. The molecule has 2 aliphatic rings. The van der Waals surface area contributed by atoms with E-state index in [9.17, 15) is 9.59 Å². The van der Waals surface area contributed by atoms with E-state index in [-0.39, 0.29) is 36.1 Å². The second-order valence-electron chi connectivity index (χ2n) is 9.92. The molecule has 2 fully saturated rings. The van der Waals surface area contributed by atoms with E-state index in [1.165, 1.54) is 0 Å². The summed E-state index contributed by atoms with van der Waals surface area (Å²) in [5.74, 6) is -0.186. The molecule has 4 N–H and O–H groups in total. The Balaban J connectivity index is 1.59. The van der Waals surface area contributed by atoms with Crippen LogP contribution in [0, 0.1) is 0 Å². The SMILES string of the molecule is CNc1cncc(C(=O)N[C@H]2CCCC[C@H]2Nc2c(NC)cc(Br)cc2C(=O)N2C[C@@H](C)O[C@@H](C)C2)c1. The van der Waals surface area contributed by atoms with Crippen LogP contribution in [-0.4, -0.2) is 73.2 Å². The van der Waals surface area contributed by atoms with E-state index in [0.717, 1.165) is 47.2 Å². The zero-order chi connectivity index (χ0) is 26.5. The lowest BCUT2D eigenvalue weighted by Crippen LogP contribution is -2.49. The number of rotatable bonds is 7. The van der Waals surface area contributed by atoms with E-state index in [1.807, 2.05) is 37.9 Å². The molecule has 9 nitrogen and oxygen atoms in total. The van der Waals surface area contributed by atoms with Gasteiger partial charge in [-0.05, 0) is 44.9 Å². The highest BCUT2D eigenvalue weighted by molar-refractivity contribution is 9.10. The van der Waals surface area contributed by atoms with Crippen LogP contribution in [0.25, 0.3) is 0 Å². The van der Waals surface area contributed by atoms with Gasteiger partial charge in [-0.1, -0.05) is 28.8 Å². The third-order valence-corrected chi connectivity index (χ3v) is 7.47. The van der Waals surface area contributed by atoms with E-state index >= 15 is 0 Å². The number of nitrogens with one attached hydrogen (secondary N) is 4. The number of anilines is 3. The van der Waals surface area contributed by atoms with Crippen LogP contribution in [0.3, 0.4) is 0 Å². The molecule has 0 bridgehead atoms. The molecule has 1 saturated carbocycles. The average molecular weight is 574 g/mol. The van der Waals surface area contributed by atoms with Crippen LogP contribution in [-0.2, 0) is 4.74 Å². The monoisotopic (exact) mass is 572 g/mol. The van der Waals surface area contributed by atoms with Gasteiger partial charge in [-0.25, -0.2) is 0 Å². The van der Waals surface area contributed by atoms with Gasteiger partial charge in [-0.3, -0.25) is 14.6 Å². The van der Waals surface area contributed by atoms with Gasteiger partial charge in [0.1, 0.15) is 0 Å². The second kappa shape index (κ2) is 12.1. The Kier molecular flexibility index (Phi) is 8.91. The Morgan fingerprint density at radius 1 is 1.00 bits per heavy atom. The van der Waals surface area contributed by atoms with Crippen LogP contribution >= 0.6 is 15.9 Å². The van der Waals surface area contributed by atoms with Crippen LogP contribution in [0.5, 0.6) is 0 Å². The van der Waals surface area contributed by atoms with E-state index in [1.54, 1.807) is 25.5 Å². The maximum Gasteiger partial charge on any atom is 0.256 e. The molecule has 4 atom stereocenters. The first-order valence-electron chi connectivity index (χ1n) is 12.9. The number of amides is 2. The summed E-state index contributed by atoms with van der Waals surface area (Å²) in [6, 6.07) is 5.53. The quantitative estimate of drug-likeness (QED) is 0.391. The largest absolute Gasteiger partial charge is 0.387 e. The first-order chi connectivity index (χ1) is 17.8. The van der Waals surface area contributed by atoms with Crippen LogP contribution in [0.2, 0.25) is 0 Å². The van der Waals surface area contributed by atoms with Crippen LogP contribution < -0.4 is 21.3 Å². The number of hydrogen-bond acceptors (Lipinski definition) is 7. The molecule has 10 heteroatoms. The van der Waals surface area contributed by atoms with Crippen molar-refractivity contribution in [3.63, 3.8) is 0 Å². The third-order valence-electron chi connectivity index (χ3n) is 7.01. The molecule has 2 aromatic rings. The van der Waals surface area contributed by atoms with E-state index < -0.39 is 0 Å². The lowest BCUT2D eigenvalue weighted by Gasteiger charge is -2.37. The average Bonchev–Trinajstić information content (AvgIpc) is 2.89. The van der Waals surface area contributed by atoms with E-state index in [4.69, 9.17) is 4.74 Å². The number of carbonyl (C=O) groups excluding carboxylic acids is 2. The molecule has 4 rings (SSSR count). The number of morpholine rings is 1. The van der Waals surface area contributed by atoms with Crippen LogP contribution in [0.1, 0.15) is 60.2 Å². The summed E-state index contributed by atoms with van der Waals surface area (Å²) in [7, 11) is 3.65. The molecule has 1 aromatic carbocycles. The summed E-state index contributed by atoms with van der Waals surface area (Å²) in [5.41, 5.74) is 3.49. The third kappa shape index (κ3) is 6.54. The van der Waals surface area contributed by atoms with Gasteiger partial charge in [-0.2, -0.15) is 0 Å². The van der Waals surface area contributed by atoms with Gasteiger partial charge < -0.3 is 30.9 Å². The minimum atomic E-state index is -0.152. The Bertz CT molecular complexity index is 1120. The molecule has 1 aliphatic heterocycles. The number of benzene rings is 1. The smallest absolute Gasteiger partial charge is 0.256 e. The van der Waals surface area contributed by atoms with Crippen LogP contribution in [0.15, 0.2) is 35.1 Å². The zero-order valence-corrected chi connectivity index (χ0v) is 23.5. The fourth-order valence-electron chi connectivity index (χ4n) is 5.26. The minimum Gasteiger partial charge on any atom is -0.387 e. The Morgan fingerprint density at radius 3 is 2.38 bits per heavy atom. The van der Waals surface area contributed by atoms with Crippen molar-refractivity contribution in [2.24, 2.45) is 0 Å². The normalized spacial score (nSPS) is 23.8. The molecule has 0 spiro atoms.